The van der Waals surface area contributed by atoms with Gasteiger partial charge in [-0.15, -0.1) is 11.3 Å². The van der Waals surface area contributed by atoms with E-state index in [-0.39, 0.29) is 0 Å². The van der Waals surface area contributed by atoms with Crippen LogP contribution in [-0.2, 0) is 6.54 Å². The Morgan fingerprint density at radius 1 is 1.30 bits per heavy atom. The Hall–Kier alpha value is -0.610. The third-order valence-electron chi connectivity index (χ3n) is 4.48. The van der Waals surface area contributed by atoms with E-state index in [9.17, 15) is 0 Å². The Kier molecular flexibility index (Phi) is 4.32. The van der Waals surface area contributed by atoms with Crippen molar-refractivity contribution in [1.82, 2.24) is 10.3 Å². The lowest BCUT2D eigenvalue weighted by atomic mass is 9.85. The van der Waals surface area contributed by atoms with Crippen molar-refractivity contribution in [3.8, 4) is 0 Å². The van der Waals surface area contributed by atoms with Crippen molar-refractivity contribution in [2.24, 2.45) is 5.92 Å². The topological polar surface area (TPSA) is 28.2 Å². The first-order valence-corrected chi connectivity index (χ1v) is 8.89. The third kappa shape index (κ3) is 3.34. The molecular weight excluding hydrogens is 266 g/mol. The first-order valence-electron chi connectivity index (χ1n) is 8.07. The molecule has 1 aromatic rings. The summed E-state index contributed by atoms with van der Waals surface area (Å²) in [6.07, 6.45) is 6.93. The van der Waals surface area contributed by atoms with Crippen molar-refractivity contribution in [3.63, 3.8) is 0 Å². The summed E-state index contributed by atoms with van der Waals surface area (Å²) < 4.78 is 0. The number of rotatable bonds is 7. The summed E-state index contributed by atoms with van der Waals surface area (Å²) in [6, 6.07) is 0.772. The van der Waals surface area contributed by atoms with E-state index in [1.54, 1.807) is 0 Å². The molecule has 0 atom stereocenters. The highest BCUT2D eigenvalue weighted by Gasteiger charge is 2.24. The molecule has 1 N–H and O–H groups in total. The van der Waals surface area contributed by atoms with Gasteiger partial charge in [-0.3, -0.25) is 0 Å². The molecular formula is C16H27N3S. The maximum Gasteiger partial charge on any atom is 0.185 e. The molecule has 1 aromatic heterocycles. The van der Waals surface area contributed by atoms with Gasteiger partial charge in [-0.25, -0.2) is 4.98 Å². The number of anilines is 1. The van der Waals surface area contributed by atoms with Gasteiger partial charge in [-0.2, -0.15) is 0 Å². The molecule has 0 radical (unpaired) electrons. The van der Waals surface area contributed by atoms with Gasteiger partial charge in [0.05, 0.1) is 5.69 Å². The van der Waals surface area contributed by atoms with Gasteiger partial charge in [0, 0.05) is 31.1 Å². The van der Waals surface area contributed by atoms with Gasteiger partial charge in [0.15, 0.2) is 5.13 Å². The van der Waals surface area contributed by atoms with Crippen LogP contribution in [0.15, 0.2) is 0 Å². The summed E-state index contributed by atoms with van der Waals surface area (Å²) in [5.74, 6) is 1.42. The second-order valence-electron chi connectivity index (χ2n) is 6.79. The smallest absolute Gasteiger partial charge is 0.185 e. The average Bonchev–Trinajstić information content (AvgIpc) is 3.09. The molecule has 2 saturated carbocycles. The summed E-state index contributed by atoms with van der Waals surface area (Å²) in [5.41, 5.74) is 1.30. The van der Waals surface area contributed by atoms with Crippen molar-refractivity contribution in [2.75, 3.05) is 18.5 Å². The lowest BCUT2D eigenvalue weighted by Crippen LogP contribution is -2.29. The van der Waals surface area contributed by atoms with Crippen LogP contribution in [0.25, 0.3) is 0 Å². The van der Waals surface area contributed by atoms with E-state index in [2.05, 4.69) is 31.1 Å². The minimum absolute atomic E-state index is 0.521. The zero-order valence-corrected chi connectivity index (χ0v) is 13.8. The molecule has 0 amide bonds. The van der Waals surface area contributed by atoms with Gasteiger partial charge in [-0.05, 0) is 37.5 Å². The second-order valence-corrected chi connectivity index (χ2v) is 7.85. The Labute approximate surface area is 126 Å². The van der Waals surface area contributed by atoms with Crippen molar-refractivity contribution in [3.05, 3.63) is 10.6 Å². The van der Waals surface area contributed by atoms with Gasteiger partial charge in [0.25, 0.3) is 0 Å². The highest BCUT2D eigenvalue weighted by Crippen LogP contribution is 2.33. The van der Waals surface area contributed by atoms with Crippen LogP contribution in [0.5, 0.6) is 0 Å². The predicted octanol–water partition coefficient (Wildman–Crippen LogP) is 3.75. The Morgan fingerprint density at radius 3 is 2.60 bits per heavy atom. The molecule has 0 unspecified atom stereocenters. The Balaban J connectivity index is 1.67. The highest BCUT2D eigenvalue weighted by atomic mass is 32.1. The van der Waals surface area contributed by atoms with Crippen LogP contribution >= 0.6 is 11.3 Å². The standard InChI is InChI=1S/C16H27N3S/c1-11(2)15-14(9-17-13-7-8-13)20-16(18-15)19(3)10-12-5-4-6-12/h11-13,17H,4-10H2,1-3H3. The minimum Gasteiger partial charge on any atom is -0.351 e. The second kappa shape index (κ2) is 6.02. The maximum absolute atomic E-state index is 4.92. The van der Waals surface area contributed by atoms with Crippen molar-refractivity contribution in [2.45, 2.75) is 64.5 Å². The van der Waals surface area contributed by atoms with Gasteiger partial charge in [0.2, 0.25) is 0 Å². The fourth-order valence-corrected chi connectivity index (χ4v) is 3.89. The van der Waals surface area contributed by atoms with Crippen LogP contribution < -0.4 is 10.2 Å². The summed E-state index contributed by atoms with van der Waals surface area (Å²) >= 11 is 1.89. The first kappa shape index (κ1) is 14.3. The Bertz CT molecular complexity index is 447. The van der Waals surface area contributed by atoms with E-state index in [1.165, 1.54) is 54.4 Å². The quantitative estimate of drug-likeness (QED) is 0.830. The molecule has 0 aromatic carbocycles. The van der Waals surface area contributed by atoms with E-state index >= 15 is 0 Å². The number of nitrogens with zero attached hydrogens (tertiary/aromatic N) is 2. The molecule has 112 valence electrons. The third-order valence-corrected chi connectivity index (χ3v) is 5.66. The number of nitrogens with one attached hydrogen (secondary N) is 1. The van der Waals surface area contributed by atoms with Crippen molar-refractivity contribution >= 4 is 16.5 Å². The maximum atomic E-state index is 4.92. The van der Waals surface area contributed by atoms with E-state index in [0.29, 0.717) is 5.92 Å². The monoisotopic (exact) mass is 293 g/mol. The van der Waals surface area contributed by atoms with Crippen LogP contribution in [0.4, 0.5) is 5.13 Å². The fourth-order valence-electron chi connectivity index (χ4n) is 2.76. The molecule has 3 nitrogen and oxygen atoms in total. The largest absolute Gasteiger partial charge is 0.351 e. The van der Waals surface area contributed by atoms with Crippen LogP contribution in [0.1, 0.15) is 62.4 Å². The molecule has 1 heterocycles. The zero-order chi connectivity index (χ0) is 14.1. The van der Waals surface area contributed by atoms with Crippen molar-refractivity contribution in [1.29, 1.82) is 0 Å². The fraction of sp³-hybridized carbons (Fsp3) is 0.812. The van der Waals surface area contributed by atoms with Gasteiger partial charge < -0.3 is 10.2 Å². The molecule has 4 heteroatoms. The van der Waals surface area contributed by atoms with Crippen LogP contribution in [0.3, 0.4) is 0 Å². The average molecular weight is 293 g/mol. The molecule has 0 bridgehead atoms. The van der Waals surface area contributed by atoms with E-state index in [0.717, 1.165) is 18.5 Å². The summed E-state index contributed by atoms with van der Waals surface area (Å²) in [6.45, 7) is 6.70. The van der Waals surface area contributed by atoms with Crippen molar-refractivity contribution < 1.29 is 0 Å². The minimum atomic E-state index is 0.521. The van der Waals surface area contributed by atoms with E-state index in [1.807, 2.05) is 11.3 Å². The number of thiazole rings is 1. The van der Waals surface area contributed by atoms with Crippen LogP contribution in [0.2, 0.25) is 0 Å². The summed E-state index contributed by atoms with van der Waals surface area (Å²) in [4.78, 5) is 8.75. The normalized spacial score (nSPS) is 19.4. The number of hydrogen-bond acceptors (Lipinski definition) is 4. The highest BCUT2D eigenvalue weighted by molar-refractivity contribution is 7.15. The molecule has 0 spiro atoms. The van der Waals surface area contributed by atoms with Gasteiger partial charge in [-0.1, -0.05) is 20.3 Å². The Morgan fingerprint density at radius 2 is 2.05 bits per heavy atom. The zero-order valence-electron chi connectivity index (χ0n) is 13.0. The van der Waals surface area contributed by atoms with Crippen LogP contribution in [-0.4, -0.2) is 24.6 Å². The number of aromatic nitrogens is 1. The van der Waals surface area contributed by atoms with E-state index < -0.39 is 0 Å². The molecule has 2 aliphatic carbocycles. The molecule has 0 saturated heterocycles. The SMILES string of the molecule is CC(C)c1nc(N(C)CC2CCC2)sc1CNC1CC1. The summed E-state index contributed by atoms with van der Waals surface area (Å²) in [5, 5.41) is 4.85. The predicted molar refractivity (Wildman–Crippen MR) is 86.7 cm³/mol. The molecule has 20 heavy (non-hydrogen) atoms. The summed E-state index contributed by atoms with van der Waals surface area (Å²) in [7, 11) is 2.21. The van der Waals surface area contributed by atoms with Gasteiger partial charge >= 0.3 is 0 Å². The lowest BCUT2D eigenvalue weighted by molar-refractivity contribution is 0.321. The molecule has 0 aliphatic heterocycles. The van der Waals surface area contributed by atoms with Gasteiger partial charge in [0.1, 0.15) is 0 Å². The van der Waals surface area contributed by atoms with Crippen LogP contribution in [0, 0.1) is 5.92 Å². The number of hydrogen-bond donors (Lipinski definition) is 1. The molecule has 2 aliphatic rings. The van der Waals surface area contributed by atoms with E-state index in [4.69, 9.17) is 4.98 Å². The molecule has 2 fully saturated rings. The lowest BCUT2D eigenvalue weighted by Gasteiger charge is -2.29. The first-order chi connectivity index (χ1) is 9.63. The molecule has 3 rings (SSSR count).